The van der Waals surface area contributed by atoms with Crippen LogP contribution in [-0.2, 0) is 6.42 Å². The number of halogens is 1. The smallest absolute Gasteiger partial charge is 0.270 e. The van der Waals surface area contributed by atoms with Gasteiger partial charge in [-0.3, -0.25) is 10.1 Å². The Balaban J connectivity index is 3.07. The Hall–Kier alpha value is -1.01. The van der Waals surface area contributed by atoms with Crippen LogP contribution in [-0.4, -0.2) is 9.91 Å². The molecule has 74 valence electrons. The van der Waals surface area contributed by atoms with Crippen molar-refractivity contribution >= 4 is 38.8 Å². The van der Waals surface area contributed by atoms with Gasteiger partial charge in [-0.15, -0.1) is 0 Å². The summed E-state index contributed by atoms with van der Waals surface area (Å²) in [5.74, 6) is 0. The van der Waals surface area contributed by atoms with Crippen LogP contribution in [0.3, 0.4) is 0 Å². The number of hydrogen-bond acceptors (Lipinski definition) is 3. The van der Waals surface area contributed by atoms with Gasteiger partial charge in [0.2, 0.25) is 0 Å². The fourth-order valence-electron chi connectivity index (χ4n) is 1.04. The number of benzene rings is 1. The third kappa shape index (κ3) is 3.04. The zero-order valence-corrected chi connectivity index (χ0v) is 9.47. The summed E-state index contributed by atoms with van der Waals surface area (Å²) >= 11 is 7.91. The van der Waals surface area contributed by atoms with Gasteiger partial charge in [-0.1, -0.05) is 28.1 Å². The molecule has 1 aromatic carbocycles. The molecule has 0 aliphatic carbocycles. The Labute approximate surface area is 94.4 Å². The van der Waals surface area contributed by atoms with E-state index in [-0.39, 0.29) is 5.69 Å². The normalized spacial score (nSPS) is 9.79. The maximum atomic E-state index is 10.5. The molecular formula is C8H7BrN2O2S. The van der Waals surface area contributed by atoms with Gasteiger partial charge in [0, 0.05) is 23.0 Å². The fourth-order valence-corrected chi connectivity index (χ4v) is 1.74. The third-order valence-corrected chi connectivity index (χ3v) is 2.13. The minimum Gasteiger partial charge on any atom is -0.393 e. The lowest BCUT2D eigenvalue weighted by molar-refractivity contribution is -0.385. The van der Waals surface area contributed by atoms with Crippen LogP contribution in [0.1, 0.15) is 5.56 Å². The highest BCUT2D eigenvalue weighted by Crippen LogP contribution is 2.21. The Morgan fingerprint density at radius 1 is 1.57 bits per heavy atom. The van der Waals surface area contributed by atoms with Crippen LogP contribution in [0.25, 0.3) is 0 Å². The first kappa shape index (κ1) is 11.1. The van der Waals surface area contributed by atoms with Gasteiger partial charge in [0.15, 0.2) is 0 Å². The molecule has 6 heteroatoms. The van der Waals surface area contributed by atoms with Gasteiger partial charge < -0.3 is 5.73 Å². The van der Waals surface area contributed by atoms with Gasteiger partial charge in [0.25, 0.3) is 5.69 Å². The molecule has 0 aromatic heterocycles. The molecule has 0 bridgehead atoms. The van der Waals surface area contributed by atoms with E-state index in [1.807, 2.05) is 0 Å². The first-order valence-electron chi connectivity index (χ1n) is 3.71. The zero-order chi connectivity index (χ0) is 10.7. The largest absolute Gasteiger partial charge is 0.393 e. The second kappa shape index (κ2) is 4.47. The molecule has 0 aliphatic heterocycles. The van der Waals surface area contributed by atoms with Gasteiger partial charge in [-0.2, -0.15) is 0 Å². The topological polar surface area (TPSA) is 69.2 Å². The van der Waals surface area contributed by atoms with E-state index >= 15 is 0 Å². The minimum atomic E-state index is -0.451. The Morgan fingerprint density at radius 2 is 2.21 bits per heavy atom. The first-order valence-corrected chi connectivity index (χ1v) is 4.91. The summed E-state index contributed by atoms with van der Waals surface area (Å²) in [4.78, 5) is 10.4. The van der Waals surface area contributed by atoms with Gasteiger partial charge in [-0.25, -0.2) is 0 Å². The van der Waals surface area contributed by atoms with E-state index in [9.17, 15) is 10.1 Å². The molecule has 0 heterocycles. The molecular weight excluding hydrogens is 268 g/mol. The number of non-ortho nitro benzene ring substituents is 1. The number of rotatable bonds is 3. The number of nitro benzene ring substituents is 1. The molecule has 0 radical (unpaired) electrons. The highest BCUT2D eigenvalue weighted by Gasteiger charge is 2.08. The van der Waals surface area contributed by atoms with E-state index in [1.54, 1.807) is 6.07 Å². The van der Waals surface area contributed by atoms with Crippen LogP contribution in [0.2, 0.25) is 0 Å². The van der Waals surface area contributed by atoms with Crippen molar-refractivity contribution in [1.29, 1.82) is 0 Å². The summed E-state index contributed by atoms with van der Waals surface area (Å²) < 4.78 is 0.651. The Bertz CT molecular complexity index is 395. The summed E-state index contributed by atoms with van der Waals surface area (Å²) in [6.45, 7) is 0. The van der Waals surface area contributed by atoms with Crippen molar-refractivity contribution in [2.75, 3.05) is 0 Å². The van der Waals surface area contributed by atoms with Gasteiger partial charge >= 0.3 is 0 Å². The monoisotopic (exact) mass is 274 g/mol. The van der Waals surface area contributed by atoms with Crippen molar-refractivity contribution in [2.45, 2.75) is 6.42 Å². The van der Waals surface area contributed by atoms with Crippen LogP contribution in [0.5, 0.6) is 0 Å². The molecule has 0 fully saturated rings. The quantitative estimate of drug-likeness (QED) is 0.521. The number of thiocarbonyl (C=S) groups is 1. The fraction of sp³-hybridized carbons (Fsp3) is 0.125. The van der Waals surface area contributed by atoms with Crippen molar-refractivity contribution in [3.63, 3.8) is 0 Å². The Morgan fingerprint density at radius 3 is 2.71 bits per heavy atom. The lowest BCUT2D eigenvalue weighted by atomic mass is 10.1. The predicted molar refractivity (Wildman–Crippen MR) is 61.3 cm³/mol. The average molecular weight is 275 g/mol. The van der Waals surface area contributed by atoms with Crippen LogP contribution in [0.4, 0.5) is 5.69 Å². The van der Waals surface area contributed by atoms with E-state index in [1.165, 1.54) is 12.1 Å². The number of nitrogens with two attached hydrogens (primary N) is 1. The van der Waals surface area contributed by atoms with Crippen LogP contribution in [0.15, 0.2) is 22.7 Å². The minimum absolute atomic E-state index is 0.0330. The molecule has 0 spiro atoms. The SMILES string of the molecule is NC(=S)Cc1cc(Br)cc([N+](=O)[O-])c1. The summed E-state index contributed by atoms with van der Waals surface area (Å²) in [5.41, 5.74) is 6.11. The van der Waals surface area contributed by atoms with Gasteiger partial charge in [-0.05, 0) is 11.6 Å². The van der Waals surface area contributed by atoms with E-state index in [0.29, 0.717) is 15.9 Å². The molecule has 14 heavy (non-hydrogen) atoms. The van der Waals surface area contributed by atoms with Crippen molar-refractivity contribution in [3.8, 4) is 0 Å². The summed E-state index contributed by atoms with van der Waals surface area (Å²) in [7, 11) is 0. The maximum Gasteiger partial charge on any atom is 0.270 e. The summed E-state index contributed by atoms with van der Waals surface area (Å²) in [6.07, 6.45) is 0.371. The molecule has 0 unspecified atom stereocenters. The van der Waals surface area contributed by atoms with E-state index < -0.39 is 4.92 Å². The maximum absolute atomic E-state index is 10.5. The van der Waals surface area contributed by atoms with E-state index in [2.05, 4.69) is 15.9 Å². The molecule has 0 saturated heterocycles. The molecule has 1 rings (SSSR count). The molecule has 0 saturated carbocycles. The standard InChI is InChI=1S/C8H7BrN2O2S/c9-6-1-5(3-8(10)14)2-7(4-6)11(12)13/h1-2,4H,3H2,(H2,10,14). The summed E-state index contributed by atoms with van der Waals surface area (Å²) in [5, 5.41) is 10.5. The van der Waals surface area contributed by atoms with Crippen molar-refractivity contribution in [1.82, 2.24) is 0 Å². The lowest BCUT2D eigenvalue weighted by Crippen LogP contribution is -2.11. The highest BCUT2D eigenvalue weighted by molar-refractivity contribution is 9.10. The lowest BCUT2D eigenvalue weighted by Gasteiger charge is -2.00. The second-order valence-corrected chi connectivity index (χ2v) is 4.16. The van der Waals surface area contributed by atoms with E-state index in [0.717, 1.165) is 5.56 Å². The number of nitro groups is 1. The highest BCUT2D eigenvalue weighted by atomic mass is 79.9. The van der Waals surface area contributed by atoms with Crippen LogP contribution >= 0.6 is 28.1 Å². The molecule has 4 nitrogen and oxygen atoms in total. The number of hydrogen-bond donors (Lipinski definition) is 1. The second-order valence-electron chi connectivity index (χ2n) is 2.72. The van der Waals surface area contributed by atoms with E-state index in [4.69, 9.17) is 18.0 Å². The van der Waals surface area contributed by atoms with Crippen LogP contribution < -0.4 is 5.73 Å². The van der Waals surface area contributed by atoms with Crippen LogP contribution in [0, 0.1) is 10.1 Å². The number of nitrogens with zero attached hydrogens (tertiary/aromatic N) is 1. The molecule has 0 aliphatic rings. The van der Waals surface area contributed by atoms with Gasteiger partial charge in [0.05, 0.1) is 9.91 Å². The van der Waals surface area contributed by atoms with Crippen molar-refractivity contribution in [3.05, 3.63) is 38.3 Å². The molecule has 1 aromatic rings. The molecule has 2 N–H and O–H groups in total. The predicted octanol–water partition coefficient (Wildman–Crippen LogP) is 2.19. The van der Waals surface area contributed by atoms with Crippen molar-refractivity contribution < 1.29 is 4.92 Å². The summed E-state index contributed by atoms with van der Waals surface area (Å²) in [6, 6.07) is 4.65. The average Bonchev–Trinajstić information content (AvgIpc) is 2.01. The molecule has 0 amide bonds. The molecule has 0 atom stereocenters. The zero-order valence-electron chi connectivity index (χ0n) is 7.07. The first-order chi connectivity index (χ1) is 6.49. The Kier molecular flexibility index (Phi) is 3.54. The third-order valence-electron chi connectivity index (χ3n) is 1.53. The van der Waals surface area contributed by atoms with Crippen molar-refractivity contribution in [2.24, 2.45) is 5.73 Å². The van der Waals surface area contributed by atoms with Gasteiger partial charge in [0.1, 0.15) is 0 Å².